The van der Waals surface area contributed by atoms with Crippen LogP contribution < -0.4 is 49.1 Å². The smallest absolute Gasteiger partial charge is 0.492 e. The van der Waals surface area contributed by atoms with E-state index in [0.29, 0.717) is 25.7 Å². The molecule has 3 atom stereocenters. The quantitative estimate of drug-likeness (QED) is 0.340. The van der Waals surface area contributed by atoms with Gasteiger partial charge in [-0.3, -0.25) is 19.8 Å². The molecule has 2 saturated heterocycles. The molecule has 45 heavy (non-hydrogen) atoms. The van der Waals surface area contributed by atoms with Crippen molar-refractivity contribution >= 4 is 22.9 Å². The molecule has 3 heterocycles. The number of imide groups is 1. The van der Waals surface area contributed by atoms with Gasteiger partial charge in [0, 0.05) is 18.2 Å². The summed E-state index contributed by atoms with van der Waals surface area (Å²) in [4.78, 5) is 25.9. The molecule has 0 radical (unpaired) electrons. The van der Waals surface area contributed by atoms with Crippen molar-refractivity contribution in [1.82, 2.24) is 10.2 Å². The fourth-order valence-electron chi connectivity index (χ4n) is 6.72. The van der Waals surface area contributed by atoms with Crippen LogP contribution in [-0.4, -0.2) is 52.6 Å². The number of carbonyl (C=O) groups is 2. The summed E-state index contributed by atoms with van der Waals surface area (Å²) in [6.45, 7) is 11.8. The topological polar surface area (TPSA) is 77.1 Å². The number of amides is 2. The molecule has 3 aliphatic rings. The van der Waals surface area contributed by atoms with Crippen LogP contribution in [0.5, 0.6) is 17.2 Å². The molecule has 3 aromatic rings. The van der Waals surface area contributed by atoms with Crippen LogP contribution in [0.15, 0.2) is 54.6 Å². The van der Waals surface area contributed by atoms with Crippen molar-refractivity contribution in [3.05, 3.63) is 88.0 Å². The molecule has 9 heteroatoms. The molecule has 0 spiro atoms. The molecule has 6 rings (SSSR count). The summed E-state index contributed by atoms with van der Waals surface area (Å²) in [5, 5.41) is 1.73. The van der Waals surface area contributed by atoms with E-state index in [4.69, 9.17) is 14.2 Å². The summed E-state index contributed by atoms with van der Waals surface area (Å²) in [5.41, 5.74) is 6.69. The number of benzene rings is 3. The molecule has 1 N–H and O–H groups in total. The first-order valence-electron chi connectivity index (χ1n) is 15.6. The number of rotatable bonds is 10. The standard InChI is InChI=1S/C36H42N2O5S.Na/c1-23-24(2)33-30(25(3)32(23)42-20-27-9-6-5-7-10-27)16-17-36(4,43-33)22-38-18-8-11-28(38)21-41-29-14-12-26(13-15-29)19-31-34(39)37-35(40)44-31;/h5-7,9-10,12-15,28,31H,8,11,16-22H2,1-4H3,(H,37,39,40);/q;+1/t28-,31?,36?;/m0./s1. The van der Waals surface area contributed by atoms with Crippen molar-refractivity contribution in [3.8, 4) is 17.2 Å². The van der Waals surface area contributed by atoms with Crippen LogP contribution in [0.4, 0.5) is 4.79 Å². The van der Waals surface area contributed by atoms with Gasteiger partial charge in [0.05, 0.1) is 5.25 Å². The molecule has 2 amide bonds. The Morgan fingerprint density at radius 1 is 0.978 bits per heavy atom. The van der Waals surface area contributed by atoms with Crippen molar-refractivity contribution in [2.24, 2.45) is 0 Å². The third kappa shape index (κ3) is 7.74. The molecule has 3 aromatic carbocycles. The maximum Gasteiger partial charge on any atom is 1.00 e. The molecule has 0 aliphatic carbocycles. The number of ether oxygens (including phenoxy) is 3. The minimum atomic E-state index is -0.358. The van der Waals surface area contributed by atoms with Gasteiger partial charge in [-0.05, 0) is 106 Å². The number of nitrogens with one attached hydrogen (secondary N) is 1. The van der Waals surface area contributed by atoms with Crippen molar-refractivity contribution in [2.75, 3.05) is 19.7 Å². The summed E-state index contributed by atoms with van der Waals surface area (Å²) in [6.07, 6.45) is 4.71. The van der Waals surface area contributed by atoms with Crippen LogP contribution in [-0.2, 0) is 24.2 Å². The van der Waals surface area contributed by atoms with Crippen molar-refractivity contribution < 1.29 is 53.4 Å². The monoisotopic (exact) mass is 637 g/mol. The minimum Gasteiger partial charge on any atom is -0.492 e. The van der Waals surface area contributed by atoms with Crippen molar-refractivity contribution in [3.63, 3.8) is 0 Å². The van der Waals surface area contributed by atoms with E-state index < -0.39 is 0 Å². The molecule has 2 fully saturated rings. The van der Waals surface area contributed by atoms with Gasteiger partial charge in [-0.25, -0.2) is 0 Å². The molecule has 0 aromatic heterocycles. The normalized spacial score (nSPS) is 22.8. The van der Waals surface area contributed by atoms with E-state index in [0.717, 1.165) is 78.9 Å². The van der Waals surface area contributed by atoms with Gasteiger partial charge in [0.1, 0.15) is 36.1 Å². The maximum absolute atomic E-state index is 11.9. The molecule has 232 valence electrons. The minimum absolute atomic E-state index is 0. The zero-order valence-electron chi connectivity index (χ0n) is 27.1. The Labute approximate surface area is 293 Å². The van der Waals surface area contributed by atoms with Crippen molar-refractivity contribution in [1.29, 1.82) is 0 Å². The molecular weight excluding hydrogens is 595 g/mol. The third-order valence-corrected chi connectivity index (χ3v) is 10.4. The molecule has 0 bridgehead atoms. The zero-order valence-corrected chi connectivity index (χ0v) is 29.9. The summed E-state index contributed by atoms with van der Waals surface area (Å²) in [6, 6.07) is 18.5. The SMILES string of the molecule is Cc1c(C)c2c(c(C)c1OCc1ccccc1)CCC(C)(CN1CCC[C@H]1COc1ccc(CC3SC(=O)NC3=O)cc1)O2.[Na+]. The summed E-state index contributed by atoms with van der Waals surface area (Å²) in [5.74, 6) is 2.63. The molecule has 0 saturated carbocycles. The van der Waals surface area contributed by atoms with Gasteiger partial charge in [0.15, 0.2) is 0 Å². The first-order chi connectivity index (χ1) is 21.2. The second kappa shape index (κ2) is 14.5. The van der Waals surface area contributed by atoms with Gasteiger partial charge in [-0.2, -0.15) is 0 Å². The number of likely N-dealkylation sites (tertiary alicyclic amines) is 1. The number of hydrogen-bond acceptors (Lipinski definition) is 7. The fourth-order valence-corrected chi connectivity index (χ4v) is 7.58. The third-order valence-electron chi connectivity index (χ3n) is 9.38. The van der Waals surface area contributed by atoms with Crippen LogP contribution in [0.3, 0.4) is 0 Å². The van der Waals surface area contributed by atoms with Gasteiger partial charge >= 0.3 is 29.6 Å². The number of hydrogen-bond donors (Lipinski definition) is 1. The maximum atomic E-state index is 11.9. The molecule has 7 nitrogen and oxygen atoms in total. The number of carbonyl (C=O) groups excluding carboxylic acids is 2. The second-order valence-corrected chi connectivity index (χ2v) is 13.8. The van der Waals surface area contributed by atoms with Gasteiger partial charge in [0.25, 0.3) is 5.24 Å². The van der Waals surface area contributed by atoms with E-state index in [1.165, 1.54) is 22.3 Å². The van der Waals surface area contributed by atoms with Gasteiger partial charge in [-0.1, -0.05) is 54.2 Å². The van der Waals surface area contributed by atoms with Gasteiger partial charge in [-0.15, -0.1) is 0 Å². The molecule has 3 aliphatic heterocycles. The predicted octanol–water partition coefficient (Wildman–Crippen LogP) is 3.72. The van der Waals surface area contributed by atoms with E-state index in [1.54, 1.807) is 0 Å². The summed E-state index contributed by atoms with van der Waals surface area (Å²) >= 11 is 1.06. The van der Waals surface area contributed by atoms with E-state index in [-0.39, 0.29) is 51.6 Å². The predicted molar refractivity (Wildman–Crippen MR) is 174 cm³/mol. The Kier molecular flexibility index (Phi) is 10.9. The van der Waals surface area contributed by atoms with E-state index >= 15 is 0 Å². The molecular formula is C36H42N2NaO5S+. The number of nitrogens with zero attached hydrogens (tertiary/aromatic N) is 1. The van der Waals surface area contributed by atoms with Crippen LogP contribution in [0.25, 0.3) is 0 Å². The Bertz CT molecular complexity index is 1530. The number of thioether (sulfide) groups is 1. The first kappa shape index (κ1) is 33.9. The van der Waals surface area contributed by atoms with Crippen molar-refractivity contribution in [2.45, 2.75) is 83.3 Å². The van der Waals surface area contributed by atoms with Crippen LogP contribution in [0.1, 0.15) is 59.6 Å². The Hall–Kier alpha value is -2.49. The zero-order chi connectivity index (χ0) is 30.8. The van der Waals surface area contributed by atoms with E-state index in [1.807, 2.05) is 42.5 Å². The average molecular weight is 638 g/mol. The Balaban J connectivity index is 0.00000400. The van der Waals surface area contributed by atoms with Crippen LogP contribution in [0, 0.1) is 20.8 Å². The Morgan fingerprint density at radius 2 is 1.73 bits per heavy atom. The Morgan fingerprint density at radius 3 is 2.44 bits per heavy atom. The van der Waals surface area contributed by atoms with Crippen LogP contribution >= 0.6 is 11.8 Å². The summed E-state index contributed by atoms with van der Waals surface area (Å²) in [7, 11) is 0. The first-order valence-corrected chi connectivity index (χ1v) is 16.5. The van der Waals surface area contributed by atoms with E-state index in [9.17, 15) is 9.59 Å². The largest absolute Gasteiger partial charge is 1.00 e. The van der Waals surface area contributed by atoms with Crippen LogP contribution in [0.2, 0.25) is 0 Å². The molecule has 2 unspecified atom stereocenters. The number of fused-ring (bicyclic) bond motifs is 1. The average Bonchev–Trinajstić information content (AvgIpc) is 3.59. The summed E-state index contributed by atoms with van der Waals surface area (Å²) < 4.78 is 19.5. The second-order valence-electron chi connectivity index (χ2n) is 12.6. The fraction of sp³-hybridized carbons (Fsp3) is 0.444. The van der Waals surface area contributed by atoms with Gasteiger partial charge in [0.2, 0.25) is 5.91 Å². The van der Waals surface area contributed by atoms with Gasteiger partial charge < -0.3 is 14.2 Å². The van der Waals surface area contributed by atoms with E-state index in [2.05, 4.69) is 50.0 Å².